The molecule has 126 valence electrons. The average molecular weight is 392 g/mol. The first-order valence-electron chi connectivity index (χ1n) is 7.51. The molecule has 3 rings (SSSR count). The monoisotopic (exact) mass is 391 g/mol. The quantitative estimate of drug-likeness (QED) is 0.733. The first-order chi connectivity index (χ1) is 11.4. The van der Waals surface area contributed by atoms with Crippen LogP contribution in [0.1, 0.15) is 5.56 Å². The summed E-state index contributed by atoms with van der Waals surface area (Å²) < 4.78 is 5.25. The largest absolute Gasteiger partial charge is 0.382 e. The van der Waals surface area contributed by atoms with E-state index in [4.69, 9.17) is 0 Å². The van der Waals surface area contributed by atoms with Gasteiger partial charge in [0.25, 0.3) is 5.56 Å². The highest BCUT2D eigenvalue weighted by Gasteiger charge is 2.13. The molecule has 24 heavy (non-hydrogen) atoms. The number of aromatic nitrogens is 4. The fraction of sp³-hybridized carbons (Fsp3) is 0.312. The Morgan fingerprint density at radius 3 is 2.67 bits per heavy atom. The van der Waals surface area contributed by atoms with Gasteiger partial charge in [-0.3, -0.25) is 13.9 Å². The SMILES string of the molecule is Cc1ccc(NCCn2cnc3c2c(=O)n(C)c(=O)n3C)c(Br)c1. The molecule has 2 heterocycles. The lowest BCUT2D eigenvalue weighted by Gasteiger charge is -2.10. The Balaban J connectivity index is 1.86. The average Bonchev–Trinajstić information content (AvgIpc) is 2.97. The highest BCUT2D eigenvalue weighted by Crippen LogP contribution is 2.23. The maximum atomic E-state index is 12.4. The molecule has 0 aliphatic rings. The minimum absolute atomic E-state index is 0.331. The normalized spacial score (nSPS) is 11.2. The number of nitrogens with zero attached hydrogens (tertiary/aromatic N) is 4. The van der Waals surface area contributed by atoms with E-state index in [1.165, 1.54) is 17.2 Å². The van der Waals surface area contributed by atoms with E-state index in [2.05, 4.69) is 26.2 Å². The Labute approximate surface area is 146 Å². The van der Waals surface area contributed by atoms with Gasteiger partial charge in [0, 0.05) is 37.3 Å². The second-order valence-electron chi connectivity index (χ2n) is 5.73. The van der Waals surface area contributed by atoms with Crippen LogP contribution in [0.5, 0.6) is 0 Å². The Hall–Kier alpha value is -2.35. The van der Waals surface area contributed by atoms with Gasteiger partial charge in [-0.1, -0.05) is 6.07 Å². The van der Waals surface area contributed by atoms with Crippen molar-refractivity contribution in [1.82, 2.24) is 18.7 Å². The number of rotatable bonds is 4. The van der Waals surface area contributed by atoms with Gasteiger partial charge in [-0.15, -0.1) is 0 Å². The van der Waals surface area contributed by atoms with Crippen molar-refractivity contribution in [1.29, 1.82) is 0 Å². The van der Waals surface area contributed by atoms with E-state index < -0.39 is 0 Å². The van der Waals surface area contributed by atoms with Crippen molar-refractivity contribution in [2.24, 2.45) is 14.1 Å². The highest BCUT2D eigenvalue weighted by molar-refractivity contribution is 9.10. The molecule has 1 N–H and O–H groups in total. The Kier molecular flexibility index (Phi) is 4.31. The number of imidazole rings is 1. The minimum atomic E-state index is -0.375. The van der Waals surface area contributed by atoms with Gasteiger partial charge in [0.15, 0.2) is 11.2 Å². The van der Waals surface area contributed by atoms with Crippen molar-refractivity contribution in [2.45, 2.75) is 13.5 Å². The molecule has 0 fully saturated rings. The van der Waals surface area contributed by atoms with E-state index in [1.807, 2.05) is 25.1 Å². The molecule has 7 nitrogen and oxygen atoms in total. The molecule has 3 aromatic rings. The zero-order valence-corrected chi connectivity index (χ0v) is 15.3. The molecule has 1 aromatic carbocycles. The maximum Gasteiger partial charge on any atom is 0.332 e. The number of nitrogens with one attached hydrogen (secondary N) is 1. The first-order valence-corrected chi connectivity index (χ1v) is 8.30. The fourth-order valence-electron chi connectivity index (χ4n) is 2.64. The minimum Gasteiger partial charge on any atom is -0.382 e. The van der Waals surface area contributed by atoms with Crippen LogP contribution in [0.4, 0.5) is 5.69 Å². The van der Waals surface area contributed by atoms with Gasteiger partial charge < -0.3 is 9.88 Å². The summed E-state index contributed by atoms with van der Waals surface area (Å²) in [4.78, 5) is 28.5. The Bertz CT molecular complexity index is 1030. The molecule has 0 aliphatic heterocycles. The number of halogens is 1. The van der Waals surface area contributed by atoms with E-state index in [0.29, 0.717) is 24.3 Å². The molecule has 0 atom stereocenters. The van der Waals surface area contributed by atoms with E-state index in [1.54, 1.807) is 17.9 Å². The number of aryl methyl sites for hydroxylation is 2. The molecule has 0 amide bonds. The summed E-state index contributed by atoms with van der Waals surface area (Å²) in [6, 6.07) is 6.08. The number of hydrogen-bond donors (Lipinski definition) is 1. The van der Waals surface area contributed by atoms with Gasteiger partial charge in [-0.05, 0) is 40.5 Å². The van der Waals surface area contributed by atoms with Crippen LogP contribution in [0.2, 0.25) is 0 Å². The topological polar surface area (TPSA) is 73.8 Å². The van der Waals surface area contributed by atoms with Crippen LogP contribution in [0, 0.1) is 6.92 Å². The molecule has 2 aromatic heterocycles. The fourth-order valence-corrected chi connectivity index (χ4v) is 3.27. The summed E-state index contributed by atoms with van der Waals surface area (Å²) in [5, 5.41) is 3.33. The summed E-state index contributed by atoms with van der Waals surface area (Å²) in [5.74, 6) is 0. The summed E-state index contributed by atoms with van der Waals surface area (Å²) in [6.07, 6.45) is 1.59. The maximum absolute atomic E-state index is 12.4. The molecule has 0 radical (unpaired) electrons. The van der Waals surface area contributed by atoms with Crippen molar-refractivity contribution in [3.8, 4) is 0 Å². The summed E-state index contributed by atoms with van der Waals surface area (Å²) in [7, 11) is 3.09. The van der Waals surface area contributed by atoms with Gasteiger partial charge >= 0.3 is 5.69 Å². The number of hydrogen-bond acceptors (Lipinski definition) is 4. The molecule has 0 unspecified atom stereocenters. The summed E-state index contributed by atoms with van der Waals surface area (Å²) in [5.41, 5.74) is 2.30. The van der Waals surface area contributed by atoms with Gasteiger partial charge in [0.1, 0.15) is 0 Å². The van der Waals surface area contributed by atoms with Gasteiger partial charge in [-0.2, -0.15) is 0 Å². The zero-order valence-electron chi connectivity index (χ0n) is 13.7. The van der Waals surface area contributed by atoms with Crippen LogP contribution >= 0.6 is 15.9 Å². The van der Waals surface area contributed by atoms with Crippen molar-refractivity contribution < 1.29 is 0 Å². The van der Waals surface area contributed by atoms with Crippen molar-refractivity contribution in [3.63, 3.8) is 0 Å². The van der Waals surface area contributed by atoms with Crippen LogP contribution < -0.4 is 16.6 Å². The van der Waals surface area contributed by atoms with Crippen LogP contribution in [0.25, 0.3) is 11.2 Å². The third kappa shape index (κ3) is 2.77. The molecule has 0 spiro atoms. The first kappa shape index (κ1) is 16.5. The number of anilines is 1. The van der Waals surface area contributed by atoms with Gasteiger partial charge in [0.05, 0.1) is 6.33 Å². The van der Waals surface area contributed by atoms with E-state index in [-0.39, 0.29) is 11.2 Å². The van der Waals surface area contributed by atoms with E-state index >= 15 is 0 Å². The lowest BCUT2D eigenvalue weighted by Crippen LogP contribution is -2.37. The van der Waals surface area contributed by atoms with Crippen molar-refractivity contribution in [3.05, 3.63) is 55.4 Å². The summed E-state index contributed by atoms with van der Waals surface area (Å²) >= 11 is 3.53. The standard InChI is InChI=1S/C16H18BrN5O2/c1-10-4-5-12(11(17)8-10)18-6-7-22-9-19-14-13(22)15(23)21(3)16(24)20(14)2/h4-5,8-9,18H,6-7H2,1-3H3. The Morgan fingerprint density at radius 2 is 1.96 bits per heavy atom. The van der Waals surface area contributed by atoms with E-state index in [9.17, 15) is 9.59 Å². The molecule has 8 heteroatoms. The smallest absolute Gasteiger partial charge is 0.332 e. The number of fused-ring (bicyclic) bond motifs is 1. The lowest BCUT2D eigenvalue weighted by atomic mass is 10.2. The van der Waals surface area contributed by atoms with Crippen molar-refractivity contribution in [2.75, 3.05) is 11.9 Å². The predicted octanol–water partition coefficient (Wildman–Crippen LogP) is 1.62. The lowest BCUT2D eigenvalue weighted by molar-refractivity contribution is 0.695. The molecule has 0 bridgehead atoms. The summed E-state index contributed by atoms with van der Waals surface area (Å²) in [6.45, 7) is 3.22. The van der Waals surface area contributed by atoms with Crippen LogP contribution in [0.3, 0.4) is 0 Å². The third-order valence-corrected chi connectivity index (χ3v) is 4.67. The van der Waals surface area contributed by atoms with Gasteiger partial charge in [-0.25, -0.2) is 9.78 Å². The Morgan fingerprint density at radius 1 is 1.21 bits per heavy atom. The van der Waals surface area contributed by atoms with Crippen molar-refractivity contribution >= 4 is 32.8 Å². The second kappa shape index (κ2) is 6.27. The van der Waals surface area contributed by atoms with Crippen LogP contribution in [-0.2, 0) is 20.6 Å². The molecule has 0 saturated heterocycles. The van der Waals surface area contributed by atoms with Crippen LogP contribution in [-0.4, -0.2) is 25.2 Å². The molecule has 0 aliphatic carbocycles. The molecular formula is C16H18BrN5O2. The van der Waals surface area contributed by atoms with Gasteiger partial charge in [0.2, 0.25) is 0 Å². The molecule has 0 saturated carbocycles. The predicted molar refractivity (Wildman–Crippen MR) is 97.6 cm³/mol. The number of benzene rings is 1. The second-order valence-corrected chi connectivity index (χ2v) is 6.58. The zero-order chi connectivity index (χ0) is 17.4. The van der Waals surface area contributed by atoms with E-state index in [0.717, 1.165) is 14.7 Å². The molecular weight excluding hydrogens is 374 g/mol. The third-order valence-electron chi connectivity index (χ3n) is 4.01. The van der Waals surface area contributed by atoms with Crippen LogP contribution in [0.15, 0.2) is 38.6 Å². The highest BCUT2D eigenvalue weighted by atomic mass is 79.9.